The Bertz CT molecular complexity index is 956. The second-order valence-electron chi connectivity index (χ2n) is 5.69. The lowest BCUT2D eigenvalue weighted by Crippen LogP contribution is -2.10. The summed E-state index contributed by atoms with van der Waals surface area (Å²) in [5.41, 5.74) is 3.08. The molecule has 2 heterocycles. The predicted octanol–water partition coefficient (Wildman–Crippen LogP) is 3.01. The molecule has 1 aromatic carbocycles. The van der Waals surface area contributed by atoms with Gasteiger partial charge in [-0.3, -0.25) is 9.48 Å². The van der Waals surface area contributed by atoms with Gasteiger partial charge in [-0.05, 0) is 51.1 Å². The van der Waals surface area contributed by atoms with E-state index in [2.05, 4.69) is 10.1 Å². The van der Waals surface area contributed by atoms with Crippen LogP contribution in [0.4, 0.5) is 0 Å². The average Bonchev–Trinajstić information content (AvgIpc) is 2.81. The van der Waals surface area contributed by atoms with Gasteiger partial charge in [0.25, 0.3) is 0 Å². The summed E-state index contributed by atoms with van der Waals surface area (Å²) in [6.07, 6.45) is 0. The van der Waals surface area contributed by atoms with Crippen LogP contribution in [0, 0.1) is 13.8 Å². The van der Waals surface area contributed by atoms with Crippen LogP contribution in [0.25, 0.3) is 11.0 Å². The lowest BCUT2D eigenvalue weighted by atomic mass is 10.1. The van der Waals surface area contributed by atoms with Crippen molar-refractivity contribution in [1.29, 1.82) is 0 Å². The largest absolute Gasteiger partial charge is 0.423 e. The Morgan fingerprint density at radius 1 is 1.12 bits per heavy atom. The van der Waals surface area contributed by atoms with E-state index in [9.17, 15) is 9.59 Å². The highest BCUT2D eigenvalue weighted by Gasteiger charge is 2.19. The van der Waals surface area contributed by atoms with Gasteiger partial charge in [-0.15, -0.1) is 0 Å². The van der Waals surface area contributed by atoms with Gasteiger partial charge in [0.1, 0.15) is 5.75 Å². The van der Waals surface area contributed by atoms with Gasteiger partial charge in [0.2, 0.25) is 0 Å². The zero-order valence-electron chi connectivity index (χ0n) is 14.0. The number of ketones is 1. The van der Waals surface area contributed by atoms with Crippen LogP contribution in [-0.4, -0.2) is 26.5 Å². The van der Waals surface area contributed by atoms with E-state index in [-0.39, 0.29) is 5.78 Å². The van der Waals surface area contributed by atoms with E-state index in [1.54, 1.807) is 42.1 Å². The van der Waals surface area contributed by atoms with Crippen molar-refractivity contribution in [1.82, 2.24) is 14.8 Å². The van der Waals surface area contributed by atoms with Crippen molar-refractivity contribution in [3.8, 4) is 5.75 Å². The summed E-state index contributed by atoms with van der Waals surface area (Å²) in [7, 11) is 1.79. The Balaban J connectivity index is 1.98. The number of ether oxygens (including phenoxy) is 1. The molecule has 0 aliphatic carbocycles. The summed E-state index contributed by atoms with van der Waals surface area (Å²) in [5.74, 6) is -0.128. The van der Waals surface area contributed by atoms with Gasteiger partial charge < -0.3 is 4.74 Å². The highest BCUT2D eigenvalue weighted by molar-refractivity contribution is 6.04. The summed E-state index contributed by atoms with van der Waals surface area (Å²) in [6, 6.07) is 8.18. The lowest BCUT2D eigenvalue weighted by Gasteiger charge is -2.07. The number of aromatic nitrogens is 3. The molecule has 0 spiro atoms. The van der Waals surface area contributed by atoms with Crippen LogP contribution in [0.1, 0.15) is 39.0 Å². The maximum atomic E-state index is 12.6. The molecule has 0 aliphatic heterocycles. The van der Waals surface area contributed by atoms with Crippen molar-refractivity contribution in [3.63, 3.8) is 0 Å². The zero-order chi connectivity index (χ0) is 17.4. The third-order valence-electron chi connectivity index (χ3n) is 3.79. The first-order valence-corrected chi connectivity index (χ1v) is 7.51. The number of nitrogens with zero attached hydrogens (tertiary/aromatic N) is 3. The first-order valence-electron chi connectivity index (χ1n) is 7.51. The summed E-state index contributed by atoms with van der Waals surface area (Å²) in [4.78, 5) is 28.3. The fourth-order valence-corrected chi connectivity index (χ4v) is 2.65. The smallest absolute Gasteiger partial charge is 0.344 e. The van der Waals surface area contributed by atoms with Crippen molar-refractivity contribution < 1.29 is 14.3 Å². The van der Waals surface area contributed by atoms with Crippen LogP contribution in [-0.2, 0) is 7.05 Å². The molecule has 0 amide bonds. The van der Waals surface area contributed by atoms with E-state index >= 15 is 0 Å². The molecular formula is C18H17N3O3. The van der Waals surface area contributed by atoms with E-state index in [0.717, 1.165) is 5.69 Å². The number of pyridine rings is 1. The minimum Gasteiger partial charge on any atom is -0.423 e. The minimum absolute atomic E-state index is 0.0367. The zero-order valence-corrected chi connectivity index (χ0v) is 14.0. The van der Waals surface area contributed by atoms with Crippen molar-refractivity contribution in [2.24, 2.45) is 7.05 Å². The molecule has 6 heteroatoms. The second-order valence-corrected chi connectivity index (χ2v) is 5.69. The maximum Gasteiger partial charge on any atom is 0.344 e. The molecule has 6 nitrogen and oxygen atoms in total. The van der Waals surface area contributed by atoms with Crippen LogP contribution in [0.15, 0.2) is 30.3 Å². The first-order chi connectivity index (χ1) is 11.4. The topological polar surface area (TPSA) is 74.1 Å². The molecule has 3 rings (SSSR count). The van der Waals surface area contributed by atoms with Crippen molar-refractivity contribution >= 4 is 22.8 Å². The summed E-state index contributed by atoms with van der Waals surface area (Å²) in [6.45, 7) is 5.14. The number of Topliss-reactive ketones (excluding diaryl/α,β-unsaturated/α-hetero) is 1. The monoisotopic (exact) mass is 323 g/mol. The lowest BCUT2D eigenvalue weighted by molar-refractivity contribution is 0.0736. The van der Waals surface area contributed by atoms with Crippen LogP contribution in [0.3, 0.4) is 0 Å². The van der Waals surface area contributed by atoms with Crippen molar-refractivity contribution in [2.75, 3.05) is 0 Å². The van der Waals surface area contributed by atoms with Gasteiger partial charge in [-0.25, -0.2) is 9.78 Å². The van der Waals surface area contributed by atoms with Crippen LogP contribution in [0.5, 0.6) is 5.75 Å². The fraction of sp³-hybridized carbons (Fsp3) is 0.222. The first kappa shape index (κ1) is 15.9. The van der Waals surface area contributed by atoms with Crippen molar-refractivity contribution in [2.45, 2.75) is 20.8 Å². The standard InChI is InChI=1S/C18H17N3O3/c1-10-9-15(16-11(2)20-21(4)17(16)19-10)18(23)24-14-7-5-13(6-8-14)12(3)22/h5-9H,1-4H3. The van der Waals surface area contributed by atoms with Crippen molar-refractivity contribution in [3.05, 3.63) is 52.8 Å². The SMILES string of the molecule is CC(=O)c1ccc(OC(=O)c2cc(C)nc3c2c(C)nn3C)cc1. The molecule has 0 radical (unpaired) electrons. The van der Waals surface area contributed by atoms with Gasteiger partial charge in [-0.2, -0.15) is 5.10 Å². The van der Waals surface area contributed by atoms with Crippen LogP contribution >= 0.6 is 0 Å². The van der Waals surface area contributed by atoms with Gasteiger partial charge >= 0.3 is 5.97 Å². The number of carbonyl (C=O) groups is 2. The van der Waals surface area contributed by atoms with E-state index in [1.807, 2.05) is 13.8 Å². The quantitative estimate of drug-likeness (QED) is 0.421. The van der Waals surface area contributed by atoms with Gasteiger partial charge in [0.05, 0.1) is 16.6 Å². The fourth-order valence-electron chi connectivity index (χ4n) is 2.65. The van der Waals surface area contributed by atoms with E-state index in [0.29, 0.717) is 33.6 Å². The molecule has 0 saturated heterocycles. The van der Waals surface area contributed by atoms with E-state index < -0.39 is 5.97 Å². The maximum absolute atomic E-state index is 12.6. The molecule has 122 valence electrons. The highest BCUT2D eigenvalue weighted by Crippen LogP contribution is 2.23. The Kier molecular flexibility index (Phi) is 3.89. The number of rotatable bonds is 3. The van der Waals surface area contributed by atoms with E-state index in [1.165, 1.54) is 6.92 Å². The summed E-state index contributed by atoms with van der Waals surface area (Å²) < 4.78 is 7.10. The third-order valence-corrected chi connectivity index (χ3v) is 3.79. The molecule has 0 atom stereocenters. The third kappa shape index (κ3) is 2.78. The Hall–Kier alpha value is -3.02. The molecule has 0 saturated carbocycles. The number of carbonyl (C=O) groups excluding carboxylic acids is 2. The van der Waals surface area contributed by atoms with Crippen LogP contribution in [0.2, 0.25) is 0 Å². The van der Waals surface area contributed by atoms with Gasteiger partial charge in [0.15, 0.2) is 11.4 Å². The number of benzene rings is 1. The Morgan fingerprint density at radius 2 is 1.79 bits per heavy atom. The molecule has 2 aromatic heterocycles. The minimum atomic E-state index is -0.475. The molecular weight excluding hydrogens is 306 g/mol. The Morgan fingerprint density at radius 3 is 2.42 bits per heavy atom. The molecule has 0 bridgehead atoms. The number of hydrogen-bond acceptors (Lipinski definition) is 5. The molecule has 0 fully saturated rings. The molecule has 0 aliphatic rings. The predicted molar refractivity (Wildman–Crippen MR) is 89.4 cm³/mol. The number of hydrogen-bond donors (Lipinski definition) is 0. The molecule has 3 aromatic rings. The van der Waals surface area contributed by atoms with E-state index in [4.69, 9.17) is 4.74 Å². The van der Waals surface area contributed by atoms with Crippen LogP contribution < -0.4 is 4.74 Å². The summed E-state index contributed by atoms with van der Waals surface area (Å²) in [5, 5.41) is 5.01. The second kappa shape index (κ2) is 5.88. The van der Waals surface area contributed by atoms with Gasteiger partial charge in [-0.1, -0.05) is 0 Å². The molecule has 24 heavy (non-hydrogen) atoms. The summed E-state index contributed by atoms with van der Waals surface area (Å²) >= 11 is 0. The average molecular weight is 323 g/mol. The molecule has 0 unspecified atom stereocenters. The normalized spacial score (nSPS) is 10.8. The van der Waals surface area contributed by atoms with Gasteiger partial charge in [0, 0.05) is 18.3 Å². The highest BCUT2D eigenvalue weighted by atomic mass is 16.5. The number of fused-ring (bicyclic) bond motifs is 1. The number of aryl methyl sites for hydroxylation is 3. The number of esters is 1. The molecule has 0 N–H and O–H groups in total. The Labute approximate surface area is 139 Å².